The van der Waals surface area contributed by atoms with Crippen molar-refractivity contribution in [2.75, 3.05) is 5.73 Å². The van der Waals surface area contributed by atoms with E-state index in [4.69, 9.17) is 17.3 Å². The predicted molar refractivity (Wildman–Crippen MR) is 81.6 cm³/mol. The zero-order chi connectivity index (χ0) is 14.3. The number of carbonyl (C=O) groups is 1. The second-order valence-corrected chi connectivity index (χ2v) is 5.19. The lowest BCUT2D eigenvalue weighted by atomic mass is 10.0. The number of nitrogens with one attached hydrogen (secondary N) is 1. The van der Waals surface area contributed by atoms with E-state index >= 15 is 0 Å². The fourth-order valence-corrected chi connectivity index (χ4v) is 2.29. The third kappa shape index (κ3) is 4.75. The number of nitrogen functional groups attached to an aromatic ring is 1. The Balaban J connectivity index is 2.72. The van der Waals surface area contributed by atoms with Crippen LogP contribution in [0.5, 0.6) is 0 Å². The molecule has 1 aromatic rings. The van der Waals surface area contributed by atoms with Crippen LogP contribution in [0.3, 0.4) is 0 Å². The van der Waals surface area contributed by atoms with Crippen LogP contribution in [0.15, 0.2) is 18.2 Å². The minimum atomic E-state index is -0.133. The van der Waals surface area contributed by atoms with E-state index in [1.807, 2.05) is 0 Å². The average Bonchev–Trinajstić information content (AvgIpc) is 2.39. The quantitative estimate of drug-likeness (QED) is 0.743. The third-order valence-corrected chi connectivity index (χ3v) is 3.57. The zero-order valence-electron chi connectivity index (χ0n) is 11.7. The number of halogens is 1. The first-order chi connectivity index (χ1) is 9.10. The first kappa shape index (κ1) is 15.8. The molecule has 0 fully saturated rings. The number of rotatable bonds is 7. The molecule has 3 N–H and O–H groups in total. The van der Waals surface area contributed by atoms with Crippen molar-refractivity contribution in [1.29, 1.82) is 0 Å². The molecule has 19 heavy (non-hydrogen) atoms. The van der Waals surface area contributed by atoms with Crippen LogP contribution < -0.4 is 11.1 Å². The highest BCUT2D eigenvalue weighted by atomic mass is 35.5. The molecule has 0 spiro atoms. The first-order valence-corrected chi connectivity index (χ1v) is 7.32. The number of benzene rings is 1. The first-order valence-electron chi connectivity index (χ1n) is 6.95. The standard InChI is InChI=1S/C15H23ClN2O/c1-3-5-8-11(7-4-2)18-15(19)12-9-6-10-13(17)14(12)16/h6,9-11H,3-5,7-8,17H2,1-2H3,(H,18,19). The summed E-state index contributed by atoms with van der Waals surface area (Å²) in [4.78, 5) is 12.2. The highest BCUT2D eigenvalue weighted by Crippen LogP contribution is 2.23. The van der Waals surface area contributed by atoms with Gasteiger partial charge in [-0.1, -0.05) is 50.8 Å². The van der Waals surface area contributed by atoms with Gasteiger partial charge in [0.05, 0.1) is 16.3 Å². The van der Waals surface area contributed by atoms with Crippen LogP contribution >= 0.6 is 11.6 Å². The minimum absolute atomic E-state index is 0.133. The number of carbonyl (C=O) groups excluding carboxylic acids is 1. The van der Waals surface area contributed by atoms with Crippen LogP contribution in [0, 0.1) is 0 Å². The molecule has 0 aliphatic rings. The average molecular weight is 283 g/mol. The molecular weight excluding hydrogens is 260 g/mol. The predicted octanol–water partition coefficient (Wildman–Crippen LogP) is 4.01. The highest BCUT2D eigenvalue weighted by Gasteiger charge is 2.16. The van der Waals surface area contributed by atoms with Gasteiger partial charge in [0.15, 0.2) is 0 Å². The molecule has 0 aliphatic heterocycles. The molecule has 1 aromatic carbocycles. The van der Waals surface area contributed by atoms with Gasteiger partial charge in [-0.25, -0.2) is 0 Å². The lowest BCUT2D eigenvalue weighted by molar-refractivity contribution is 0.0932. The van der Waals surface area contributed by atoms with Crippen molar-refractivity contribution in [1.82, 2.24) is 5.32 Å². The fourth-order valence-electron chi connectivity index (χ4n) is 2.08. The van der Waals surface area contributed by atoms with Crippen molar-refractivity contribution in [3.05, 3.63) is 28.8 Å². The van der Waals surface area contributed by atoms with E-state index in [0.29, 0.717) is 16.3 Å². The molecular formula is C15H23ClN2O. The number of unbranched alkanes of at least 4 members (excludes halogenated alkanes) is 1. The van der Waals surface area contributed by atoms with Crippen molar-refractivity contribution >= 4 is 23.2 Å². The molecule has 0 heterocycles. The van der Waals surface area contributed by atoms with Crippen molar-refractivity contribution < 1.29 is 4.79 Å². The van der Waals surface area contributed by atoms with Crippen LogP contribution in [0.2, 0.25) is 5.02 Å². The lowest BCUT2D eigenvalue weighted by Gasteiger charge is -2.18. The number of hydrogen-bond acceptors (Lipinski definition) is 2. The second-order valence-electron chi connectivity index (χ2n) is 4.81. The SMILES string of the molecule is CCCCC(CCC)NC(=O)c1cccc(N)c1Cl. The Labute approximate surface area is 120 Å². The van der Waals surface area contributed by atoms with Gasteiger partial charge in [0.25, 0.3) is 5.91 Å². The van der Waals surface area contributed by atoms with Gasteiger partial charge in [0, 0.05) is 6.04 Å². The Morgan fingerprint density at radius 2 is 2.05 bits per heavy atom. The number of nitrogens with two attached hydrogens (primary N) is 1. The molecule has 1 rings (SSSR count). The summed E-state index contributed by atoms with van der Waals surface area (Å²) in [6.07, 6.45) is 5.31. The number of amides is 1. The van der Waals surface area contributed by atoms with Crippen molar-refractivity contribution in [2.45, 2.75) is 52.0 Å². The summed E-state index contributed by atoms with van der Waals surface area (Å²) in [7, 11) is 0. The normalized spacial score (nSPS) is 12.2. The summed E-state index contributed by atoms with van der Waals surface area (Å²) in [6.45, 7) is 4.28. The zero-order valence-corrected chi connectivity index (χ0v) is 12.5. The van der Waals surface area contributed by atoms with Crippen molar-refractivity contribution in [3.63, 3.8) is 0 Å². The van der Waals surface area contributed by atoms with E-state index in [0.717, 1.165) is 32.1 Å². The largest absolute Gasteiger partial charge is 0.398 e. The summed E-state index contributed by atoms with van der Waals surface area (Å²) in [5.74, 6) is -0.133. The van der Waals surface area contributed by atoms with Crippen LogP contribution in [-0.2, 0) is 0 Å². The van der Waals surface area contributed by atoms with Gasteiger partial charge in [-0.3, -0.25) is 4.79 Å². The van der Waals surface area contributed by atoms with Gasteiger partial charge in [0.2, 0.25) is 0 Å². The van der Waals surface area contributed by atoms with Crippen molar-refractivity contribution in [3.8, 4) is 0 Å². The molecule has 0 bridgehead atoms. The van der Waals surface area contributed by atoms with Gasteiger partial charge in [-0.2, -0.15) is 0 Å². The maximum atomic E-state index is 12.2. The topological polar surface area (TPSA) is 55.1 Å². The molecule has 0 aliphatic carbocycles. The van der Waals surface area contributed by atoms with E-state index in [1.165, 1.54) is 0 Å². The Hall–Kier alpha value is -1.22. The number of hydrogen-bond donors (Lipinski definition) is 2. The fraction of sp³-hybridized carbons (Fsp3) is 0.533. The smallest absolute Gasteiger partial charge is 0.253 e. The summed E-state index contributed by atoms with van der Waals surface area (Å²) in [5.41, 5.74) is 6.61. The van der Waals surface area contributed by atoms with E-state index in [-0.39, 0.29) is 11.9 Å². The second kappa shape index (κ2) is 8.05. The minimum Gasteiger partial charge on any atom is -0.398 e. The monoisotopic (exact) mass is 282 g/mol. The maximum absolute atomic E-state index is 12.2. The molecule has 0 radical (unpaired) electrons. The molecule has 0 saturated carbocycles. The summed E-state index contributed by atoms with van der Waals surface area (Å²) < 4.78 is 0. The molecule has 4 heteroatoms. The van der Waals surface area contributed by atoms with Crippen LogP contribution in [0.1, 0.15) is 56.3 Å². The Morgan fingerprint density at radius 3 is 2.68 bits per heavy atom. The summed E-state index contributed by atoms with van der Waals surface area (Å²) in [6, 6.07) is 5.36. The number of anilines is 1. The molecule has 0 aromatic heterocycles. The summed E-state index contributed by atoms with van der Waals surface area (Å²) in [5, 5.41) is 3.40. The maximum Gasteiger partial charge on any atom is 0.253 e. The van der Waals surface area contributed by atoms with E-state index in [1.54, 1.807) is 18.2 Å². The lowest BCUT2D eigenvalue weighted by Crippen LogP contribution is -2.35. The van der Waals surface area contributed by atoms with Gasteiger partial charge in [-0.05, 0) is 25.0 Å². The van der Waals surface area contributed by atoms with E-state index < -0.39 is 0 Å². The van der Waals surface area contributed by atoms with Crippen LogP contribution in [0.4, 0.5) is 5.69 Å². The molecule has 1 atom stereocenters. The highest BCUT2D eigenvalue weighted by molar-refractivity contribution is 6.36. The van der Waals surface area contributed by atoms with Gasteiger partial charge >= 0.3 is 0 Å². The van der Waals surface area contributed by atoms with Crippen LogP contribution in [-0.4, -0.2) is 11.9 Å². The van der Waals surface area contributed by atoms with Gasteiger partial charge in [-0.15, -0.1) is 0 Å². The van der Waals surface area contributed by atoms with E-state index in [9.17, 15) is 4.79 Å². The van der Waals surface area contributed by atoms with Crippen molar-refractivity contribution in [2.24, 2.45) is 0 Å². The molecule has 106 valence electrons. The molecule has 0 saturated heterocycles. The molecule has 3 nitrogen and oxygen atoms in total. The van der Waals surface area contributed by atoms with Crippen LogP contribution in [0.25, 0.3) is 0 Å². The third-order valence-electron chi connectivity index (χ3n) is 3.15. The molecule has 1 unspecified atom stereocenters. The summed E-state index contributed by atoms with van der Waals surface area (Å²) >= 11 is 6.07. The Kier molecular flexibility index (Phi) is 6.71. The Morgan fingerprint density at radius 1 is 1.32 bits per heavy atom. The molecule has 1 amide bonds. The Bertz CT molecular complexity index is 421. The van der Waals surface area contributed by atoms with Gasteiger partial charge < -0.3 is 11.1 Å². The van der Waals surface area contributed by atoms with Gasteiger partial charge in [0.1, 0.15) is 0 Å². The van der Waals surface area contributed by atoms with E-state index in [2.05, 4.69) is 19.2 Å².